The second-order valence-corrected chi connectivity index (χ2v) is 6.41. The predicted molar refractivity (Wildman–Crippen MR) is 91.0 cm³/mol. The highest BCUT2D eigenvalue weighted by Gasteiger charge is 2.27. The van der Waals surface area contributed by atoms with Gasteiger partial charge in [-0.05, 0) is 31.4 Å². The number of aryl methyl sites for hydroxylation is 1. The maximum atomic E-state index is 12.3. The van der Waals surface area contributed by atoms with E-state index in [0.717, 1.165) is 31.4 Å². The van der Waals surface area contributed by atoms with Gasteiger partial charge in [0.15, 0.2) is 0 Å². The Hall–Kier alpha value is -1.75. The third-order valence-electron chi connectivity index (χ3n) is 4.21. The molecule has 1 aromatic carbocycles. The van der Waals surface area contributed by atoms with Crippen molar-refractivity contribution in [1.29, 1.82) is 0 Å². The topological polar surface area (TPSA) is 58.6 Å². The zero-order valence-corrected chi connectivity index (χ0v) is 14.6. The molecule has 0 aliphatic carbocycles. The van der Waals surface area contributed by atoms with Crippen LogP contribution in [0.2, 0.25) is 5.02 Å². The van der Waals surface area contributed by atoms with Crippen LogP contribution in [0.5, 0.6) is 5.75 Å². The van der Waals surface area contributed by atoms with Crippen LogP contribution < -0.4 is 10.1 Å². The summed E-state index contributed by atoms with van der Waals surface area (Å²) in [6.45, 7) is 2.63. The molecule has 2 rings (SSSR count). The van der Waals surface area contributed by atoms with Gasteiger partial charge in [0.05, 0.1) is 12.8 Å². The van der Waals surface area contributed by atoms with Gasteiger partial charge in [0.2, 0.25) is 11.8 Å². The predicted octanol–water partition coefficient (Wildman–Crippen LogP) is 3.24. The molecule has 1 N–H and O–H groups in total. The van der Waals surface area contributed by atoms with Crippen LogP contribution in [0.4, 0.5) is 5.69 Å². The number of hydrogen-bond acceptors (Lipinski definition) is 3. The van der Waals surface area contributed by atoms with E-state index in [-0.39, 0.29) is 24.2 Å². The van der Waals surface area contributed by atoms with E-state index in [9.17, 15) is 9.59 Å². The molecule has 6 heteroatoms. The molecule has 1 aromatic rings. The first-order valence-corrected chi connectivity index (χ1v) is 8.19. The van der Waals surface area contributed by atoms with Gasteiger partial charge in [0, 0.05) is 37.0 Å². The van der Waals surface area contributed by atoms with Crippen molar-refractivity contribution in [2.45, 2.75) is 32.6 Å². The van der Waals surface area contributed by atoms with Crippen LogP contribution in [-0.4, -0.2) is 37.4 Å². The quantitative estimate of drug-likeness (QED) is 0.916. The summed E-state index contributed by atoms with van der Waals surface area (Å²) in [5.74, 6) is 0.135. The normalized spacial score (nSPS) is 18.5. The standard InChI is InChI=1S/C17H23ClN2O3/c1-11-8-14(15(23-3)10-13(11)18)19-16(21)9-12-6-4-5-7-20(2)17(12)22/h8,10,12H,4-7,9H2,1-3H3,(H,19,21). The molecule has 5 nitrogen and oxygen atoms in total. The van der Waals surface area contributed by atoms with Crippen molar-refractivity contribution < 1.29 is 14.3 Å². The number of ether oxygens (including phenoxy) is 1. The number of rotatable bonds is 4. The van der Waals surface area contributed by atoms with Gasteiger partial charge in [-0.25, -0.2) is 0 Å². The lowest BCUT2D eigenvalue weighted by molar-refractivity contribution is -0.135. The van der Waals surface area contributed by atoms with Gasteiger partial charge in [-0.2, -0.15) is 0 Å². The first kappa shape index (κ1) is 17.6. The number of methoxy groups -OCH3 is 1. The molecule has 23 heavy (non-hydrogen) atoms. The van der Waals surface area contributed by atoms with Gasteiger partial charge >= 0.3 is 0 Å². The van der Waals surface area contributed by atoms with Crippen LogP contribution in [0, 0.1) is 12.8 Å². The summed E-state index contributed by atoms with van der Waals surface area (Å²) < 4.78 is 5.26. The van der Waals surface area contributed by atoms with Crippen LogP contribution in [0.25, 0.3) is 0 Å². The summed E-state index contributed by atoms with van der Waals surface area (Å²) in [5.41, 5.74) is 1.43. The number of hydrogen-bond donors (Lipinski definition) is 1. The van der Waals surface area contributed by atoms with E-state index in [1.807, 2.05) is 6.92 Å². The smallest absolute Gasteiger partial charge is 0.225 e. The molecule has 1 unspecified atom stereocenters. The summed E-state index contributed by atoms with van der Waals surface area (Å²) in [7, 11) is 3.32. The molecule has 1 heterocycles. The Labute approximate surface area is 141 Å². The highest BCUT2D eigenvalue weighted by Crippen LogP contribution is 2.31. The van der Waals surface area contributed by atoms with Crippen molar-refractivity contribution in [3.05, 3.63) is 22.7 Å². The molecular weight excluding hydrogens is 316 g/mol. The molecule has 1 aliphatic rings. The molecule has 0 spiro atoms. The summed E-state index contributed by atoms with van der Waals surface area (Å²) in [6, 6.07) is 3.46. The van der Waals surface area contributed by atoms with Gasteiger partial charge < -0.3 is 15.0 Å². The number of nitrogens with one attached hydrogen (secondary N) is 1. The van der Waals surface area contributed by atoms with Crippen LogP contribution in [0.3, 0.4) is 0 Å². The van der Waals surface area contributed by atoms with Crippen LogP contribution in [0.1, 0.15) is 31.2 Å². The minimum absolute atomic E-state index is 0.0527. The summed E-state index contributed by atoms with van der Waals surface area (Å²) in [4.78, 5) is 26.3. The number of likely N-dealkylation sites (tertiary alicyclic amines) is 1. The molecule has 1 aliphatic heterocycles. The van der Waals surface area contributed by atoms with E-state index in [0.29, 0.717) is 16.5 Å². The van der Waals surface area contributed by atoms with Gasteiger partial charge in [0.25, 0.3) is 0 Å². The van der Waals surface area contributed by atoms with Crippen molar-refractivity contribution in [1.82, 2.24) is 4.90 Å². The van der Waals surface area contributed by atoms with E-state index in [4.69, 9.17) is 16.3 Å². The minimum Gasteiger partial charge on any atom is -0.495 e. The maximum Gasteiger partial charge on any atom is 0.225 e. The van der Waals surface area contributed by atoms with Crippen molar-refractivity contribution in [2.75, 3.05) is 26.0 Å². The number of benzene rings is 1. The number of halogens is 1. The lowest BCUT2D eigenvalue weighted by Gasteiger charge is -2.20. The van der Waals surface area contributed by atoms with Gasteiger partial charge in [-0.1, -0.05) is 18.0 Å². The van der Waals surface area contributed by atoms with Crippen molar-refractivity contribution >= 4 is 29.1 Å². The molecule has 0 bridgehead atoms. The summed E-state index contributed by atoms with van der Waals surface area (Å²) >= 11 is 6.07. The Morgan fingerprint density at radius 3 is 2.87 bits per heavy atom. The van der Waals surface area contributed by atoms with Crippen LogP contribution in [-0.2, 0) is 9.59 Å². The van der Waals surface area contributed by atoms with E-state index >= 15 is 0 Å². The third-order valence-corrected chi connectivity index (χ3v) is 4.62. The maximum absolute atomic E-state index is 12.3. The lowest BCUT2D eigenvalue weighted by atomic mass is 9.98. The van der Waals surface area contributed by atoms with Gasteiger partial charge in [0.1, 0.15) is 5.75 Å². The van der Waals surface area contributed by atoms with E-state index < -0.39 is 0 Å². The zero-order valence-electron chi connectivity index (χ0n) is 13.8. The fourth-order valence-electron chi connectivity index (χ4n) is 2.83. The Morgan fingerprint density at radius 2 is 2.17 bits per heavy atom. The van der Waals surface area contributed by atoms with E-state index in [2.05, 4.69) is 5.32 Å². The SMILES string of the molecule is COc1cc(Cl)c(C)cc1NC(=O)CC1CCCCN(C)C1=O. The molecule has 0 saturated carbocycles. The first-order chi connectivity index (χ1) is 10.9. The fourth-order valence-corrected chi connectivity index (χ4v) is 2.98. The largest absolute Gasteiger partial charge is 0.495 e. The molecular formula is C17H23ClN2O3. The Morgan fingerprint density at radius 1 is 1.43 bits per heavy atom. The molecule has 126 valence electrons. The second kappa shape index (κ2) is 7.68. The number of carbonyl (C=O) groups is 2. The first-order valence-electron chi connectivity index (χ1n) is 7.81. The number of nitrogens with zero attached hydrogens (tertiary/aromatic N) is 1. The second-order valence-electron chi connectivity index (χ2n) is 6.01. The highest BCUT2D eigenvalue weighted by atomic mass is 35.5. The van der Waals surface area contributed by atoms with Crippen molar-refractivity contribution in [3.8, 4) is 5.75 Å². The molecule has 1 atom stereocenters. The average Bonchev–Trinajstić information content (AvgIpc) is 2.66. The zero-order chi connectivity index (χ0) is 17.0. The number of anilines is 1. The fraction of sp³-hybridized carbons (Fsp3) is 0.529. The number of amides is 2. The summed E-state index contributed by atoms with van der Waals surface area (Å²) in [6.07, 6.45) is 2.91. The lowest BCUT2D eigenvalue weighted by Crippen LogP contribution is -2.33. The van der Waals surface area contributed by atoms with Gasteiger partial charge in [-0.3, -0.25) is 9.59 Å². The van der Waals surface area contributed by atoms with Crippen LogP contribution in [0.15, 0.2) is 12.1 Å². The number of carbonyl (C=O) groups excluding carboxylic acids is 2. The van der Waals surface area contributed by atoms with Gasteiger partial charge in [-0.15, -0.1) is 0 Å². The Kier molecular flexibility index (Phi) is 5.88. The van der Waals surface area contributed by atoms with Crippen molar-refractivity contribution in [2.24, 2.45) is 5.92 Å². The third kappa shape index (κ3) is 4.38. The molecule has 1 saturated heterocycles. The monoisotopic (exact) mass is 338 g/mol. The average molecular weight is 339 g/mol. The van der Waals surface area contributed by atoms with Crippen LogP contribution >= 0.6 is 11.6 Å². The molecule has 1 fully saturated rings. The van der Waals surface area contributed by atoms with Crippen molar-refractivity contribution in [3.63, 3.8) is 0 Å². The highest BCUT2D eigenvalue weighted by molar-refractivity contribution is 6.31. The molecule has 0 aromatic heterocycles. The minimum atomic E-state index is -0.248. The molecule has 2 amide bonds. The van der Waals surface area contributed by atoms with E-state index in [1.54, 1.807) is 24.1 Å². The Bertz CT molecular complexity index is 604. The summed E-state index contributed by atoms with van der Waals surface area (Å²) in [5, 5.41) is 3.42. The molecule has 0 radical (unpaired) electrons. The van der Waals surface area contributed by atoms with E-state index in [1.165, 1.54) is 7.11 Å². The Balaban J connectivity index is 2.07.